The van der Waals surface area contributed by atoms with Crippen LogP contribution in [-0.4, -0.2) is 147 Å². The van der Waals surface area contributed by atoms with Crippen molar-refractivity contribution in [3.8, 4) is 68.9 Å². The molecule has 3 atom stereocenters. The molecule has 4 aromatic carbocycles. The highest BCUT2D eigenvalue weighted by atomic mass is 16.6. The van der Waals surface area contributed by atoms with Gasteiger partial charge >= 0.3 is 6.09 Å². The summed E-state index contributed by atoms with van der Waals surface area (Å²) in [6, 6.07) is 32.0. The fourth-order valence-electron chi connectivity index (χ4n) is 10.6. The van der Waals surface area contributed by atoms with Crippen molar-refractivity contribution in [3.63, 3.8) is 0 Å². The second-order valence-corrected chi connectivity index (χ2v) is 20.3. The number of aromatic nitrogens is 8. The Balaban J connectivity index is 0.645. The maximum atomic E-state index is 13.7. The molecule has 1 amide bonds. The van der Waals surface area contributed by atoms with Gasteiger partial charge in [0.1, 0.15) is 88.2 Å². The summed E-state index contributed by atoms with van der Waals surface area (Å²) in [6.45, 7) is 11.2. The number of fused-ring (bicyclic) bond motifs is 2. The van der Waals surface area contributed by atoms with Gasteiger partial charge in [0.15, 0.2) is 11.3 Å². The van der Waals surface area contributed by atoms with E-state index in [-0.39, 0.29) is 18.3 Å². The van der Waals surface area contributed by atoms with Crippen molar-refractivity contribution < 1.29 is 28.5 Å². The molecule has 8 heterocycles. The minimum absolute atomic E-state index is 0.0349. The number of nitrogens with one attached hydrogen (secondary N) is 3. The monoisotopic (exact) mass is 1030 g/mol. The first-order chi connectivity index (χ1) is 37.6. The molecule has 4 fully saturated rings. The lowest BCUT2D eigenvalue weighted by Gasteiger charge is -2.38. The van der Waals surface area contributed by atoms with Crippen molar-refractivity contribution in [2.45, 2.75) is 57.0 Å². The molecule has 0 radical (unpaired) electrons. The van der Waals surface area contributed by atoms with Crippen LogP contribution in [0.5, 0.6) is 11.5 Å². The van der Waals surface area contributed by atoms with Crippen molar-refractivity contribution in [2.24, 2.45) is 0 Å². The third-order valence-electron chi connectivity index (χ3n) is 14.6. The number of ether oxygens (including phenoxy) is 5. The summed E-state index contributed by atoms with van der Waals surface area (Å²) < 4.78 is 30.4. The summed E-state index contributed by atoms with van der Waals surface area (Å²) in [6.07, 6.45) is 4.04. The number of anilines is 2. The molecular weight excluding hydrogens is 977 g/mol. The average molecular weight is 1030 g/mol. The molecule has 0 spiro atoms. The Hall–Kier alpha value is -8.69. The Labute approximate surface area is 444 Å². The number of hydrogen-bond donors (Lipinski definition) is 3. The number of amides is 1. The lowest BCUT2D eigenvalue weighted by molar-refractivity contribution is -0.0427. The molecule has 1 unspecified atom stereocenters. The number of carbonyl (C=O) groups excluding carboxylic acids is 1. The number of likely N-dealkylation sites (tertiary alicyclic amines) is 1. The first kappa shape index (κ1) is 49.2. The average Bonchev–Trinajstić information content (AvgIpc) is 4.33. The van der Waals surface area contributed by atoms with Crippen LogP contribution in [0.15, 0.2) is 97.6 Å². The van der Waals surface area contributed by atoms with E-state index in [2.05, 4.69) is 81.4 Å². The van der Waals surface area contributed by atoms with E-state index in [4.69, 9.17) is 33.7 Å². The van der Waals surface area contributed by atoms with Gasteiger partial charge in [0.2, 0.25) is 0 Å². The molecular formula is C57H56N14O6. The van der Waals surface area contributed by atoms with Gasteiger partial charge in [-0.15, -0.1) is 0 Å². The summed E-state index contributed by atoms with van der Waals surface area (Å²) in [5.41, 5.74) is 8.97. The van der Waals surface area contributed by atoms with E-state index in [1.807, 2.05) is 56.3 Å². The quantitative estimate of drug-likeness (QED) is 0.100. The lowest BCUT2D eigenvalue weighted by Crippen LogP contribution is -2.47. The van der Waals surface area contributed by atoms with Gasteiger partial charge in [0.25, 0.3) is 0 Å². The summed E-state index contributed by atoms with van der Waals surface area (Å²) in [7, 11) is 0. The van der Waals surface area contributed by atoms with Gasteiger partial charge in [0, 0.05) is 85.7 Å². The summed E-state index contributed by atoms with van der Waals surface area (Å²) in [5, 5.41) is 23.5. The van der Waals surface area contributed by atoms with Gasteiger partial charge in [-0.2, -0.15) is 10.5 Å². The van der Waals surface area contributed by atoms with Crippen LogP contribution in [-0.2, 0) is 14.2 Å². The predicted octanol–water partition coefficient (Wildman–Crippen LogP) is 7.67. The zero-order chi connectivity index (χ0) is 52.5. The second-order valence-electron chi connectivity index (χ2n) is 20.3. The molecule has 0 aliphatic carbocycles. The van der Waals surface area contributed by atoms with Gasteiger partial charge < -0.3 is 53.7 Å². The third-order valence-corrected chi connectivity index (χ3v) is 14.6. The molecule has 3 N–H and O–H groups in total. The van der Waals surface area contributed by atoms with E-state index < -0.39 is 11.7 Å². The Morgan fingerprint density at radius 2 is 1.23 bits per heavy atom. The lowest BCUT2D eigenvalue weighted by atomic mass is 9.99. The van der Waals surface area contributed by atoms with Gasteiger partial charge in [-0.1, -0.05) is 0 Å². The van der Waals surface area contributed by atoms with Crippen molar-refractivity contribution >= 4 is 39.8 Å². The van der Waals surface area contributed by atoms with Gasteiger partial charge in [-0.3, -0.25) is 0 Å². The van der Waals surface area contributed by atoms with Gasteiger partial charge in [-0.05, 0) is 112 Å². The summed E-state index contributed by atoms with van der Waals surface area (Å²) >= 11 is 0. The molecule has 4 aliphatic heterocycles. The molecule has 12 rings (SSSR count). The van der Waals surface area contributed by atoms with Crippen LogP contribution < -0.4 is 24.6 Å². The van der Waals surface area contributed by atoms with Crippen LogP contribution in [0.2, 0.25) is 0 Å². The Morgan fingerprint density at radius 1 is 0.675 bits per heavy atom. The number of carbonyl (C=O) groups is 1. The first-order valence-corrected chi connectivity index (χ1v) is 26.1. The first-order valence-electron chi connectivity index (χ1n) is 26.1. The van der Waals surface area contributed by atoms with E-state index in [9.17, 15) is 15.3 Å². The minimum atomic E-state index is -0.825. The normalized spacial score (nSPS) is 18.9. The van der Waals surface area contributed by atoms with Crippen LogP contribution in [0.4, 0.5) is 16.2 Å². The minimum Gasteiger partial charge on any atom is -0.488 e. The summed E-state index contributed by atoms with van der Waals surface area (Å²) in [4.78, 5) is 54.5. The Kier molecular flexibility index (Phi) is 13.5. The fourth-order valence-corrected chi connectivity index (χ4v) is 10.6. The highest BCUT2D eigenvalue weighted by Gasteiger charge is 2.36. The Morgan fingerprint density at radius 3 is 1.81 bits per heavy atom. The highest BCUT2D eigenvalue weighted by molar-refractivity contribution is 5.91. The van der Waals surface area contributed by atoms with Crippen molar-refractivity contribution in [1.82, 2.24) is 50.1 Å². The number of aromatic amines is 2. The van der Waals surface area contributed by atoms with Crippen molar-refractivity contribution in [1.29, 1.82) is 10.5 Å². The number of rotatable bonds is 13. The molecule has 0 saturated carbocycles. The molecule has 20 nitrogen and oxygen atoms in total. The number of nitrogens with zero attached hydrogens (tertiary/aromatic N) is 11. The van der Waals surface area contributed by atoms with E-state index in [0.29, 0.717) is 119 Å². The molecule has 4 aliphatic rings. The molecule has 0 bridgehead atoms. The van der Waals surface area contributed by atoms with Crippen LogP contribution in [0.1, 0.15) is 44.2 Å². The van der Waals surface area contributed by atoms with Gasteiger partial charge in [-0.25, -0.2) is 34.7 Å². The molecule has 77 heavy (non-hydrogen) atoms. The number of imidazole rings is 2. The smallest absolute Gasteiger partial charge is 0.410 e. The molecule has 4 saturated heterocycles. The number of H-pyrrole nitrogens is 2. The predicted molar refractivity (Wildman–Crippen MR) is 287 cm³/mol. The zero-order valence-electron chi connectivity index (χ0n) is 42.7. The van der Waals surface area contributed by atoms with E-state index >= 15 is 0 Å². The van der Waals surface area contributed by atoms with E-state index in [0.717, 1.165) is 73.9 Å². The molecule has 390 valence electrons. The van der Waals surface area contributed by atoms with Crippen LogP contribution in [0.3, 0.4) is 0 Å². The SMILES string of the molecule is CC(C)(CC1CN(c2ccc(-c3nc4c(-c5ccc(O[C@@H]6CCNC6)c(C#N)c5)ncnc4[nH]3)cc2)CCO1)OC(=O)N1CC[C@@H](Oc2ccc(-c3ncnc4[nH]c(-c5ccc(N6CCOCC6)cc5)nc34)cc2C#N)C1. The molecule has 4 aromatic heterocycles. The largest absolute Gasteiger partial charge is 0.488 e. The maximum Gasteiger partial charge on any atom is 0.410 e. The molecule has 20 heteroatoms. The van der Waals surface area contributed by atoms with Crippen LogP contribution in [0, 0.1) is 22.7 Å². The van der Waals surface area contributed by atoms with E-state index in [1.54, 1.807) is 23.1 Å². The van der Waals surface area contributed by atoms with Crippen molar-refractivity contribution in [3.05, 3.63) is 109 Å². The highest BCUT2D eigenvalue weighted by Crippen LogP contribution is 2.35. The van der Waals surface area contributed by atoms with Gasteiger partial charge in [0.05, 0.1) is 43.6 Å². The number of benzene rings is 4. The third kappa shape index (κ3) is 10.5. The van der Waals surface area contributed by atoms with Crippen molar-refractivity contribution in [2.75, 3.05) is 82.0 Å². The Bertz CT molecular complexity index is 3540. The number of nitriles is 2. The topological polar surface area (TPSA) is 241 Å². The number of hydrogen-bond acceptors (Lipinski definition) is 17. The zero-order valence-corrected chi connectivity index (χ0v) is 42.7. The second kappa shape index (κ2) is 21.1. The fraction of sp³-hybridized carbons (Fsp3) is 0.351. The summed E-state index contributed by atoms with van der Waals surface area (Å²) in [5.74, 6) is 2.30. The standard InChI is InChI=1S/C57H56N14O6/c1-57(2,27-45-32-70(21-24-74-45)42-11-5-36(6-12-42)53-66-50-48(61-33-64-55(50)68-53)37-7-13-46(39(25-37)28-58)75-43-15-17-60-30-43)77-56(72)71-18-16-44(31-71)76-47-14-8-38(26-40(47)29-59)49-51-54(63-34-62-49)67-52(65-51)35-3-9-41(10-4-35)69-19-22-73-23-20-69/h3-14,25-26,33-34,43-45,60H,15-24,27,30-32H2,1-2H3,(H,61,64,66,68)(H,62,63,65,67)/t43-,44-,45?/m1/s1. The molecule has 8 aromatic rings. The number of morpholine rings is 2. The maximum absolute atomic E-state index is 13.7. The van der Waals surface area contributed by atoms with Crippen LogP contribution >= 0.6 is 0 Å². The van der Waals surface area contributed by atoms with E-state index in [1.165, 1.54) is 12.7 Å². The van der Waals surface area contributed by atoms with Crippen LogP contribution in [0.25, 0.3) is 67.6 Å².